The molecule has 0 N–H and O–H groups in total. The molecule has 7 aliphatic rings. The maximum atomic E-state index is 7.36. The molecule has 3 nitrogen and oxygen atoms in total. The Morgan fingerprint density at radius 3 is 1.18 bits per heavy atom. The maximum Gasteiger partial charge on any atom is 0.144 e. The predicted molar refractivity (Wildman–Crippen MR) is 506 cm³/mol. The Balaban J connectivity index is 0.648. The number of hydrogen-bond acceptors (Lipinski definition) is 3. The van der Waals surface area contributed by atoms with Crippen LogP contribution in [0.25, 0.3) is 144 Å². The first-order valence-corrected chi connectivity index (χ1v) is 45.2. The molecule has 0 amide bonds. The van der Waals surface area contributed by atoms with Gasteiger partial charge >= 0.3 is 0 Å². The molecule has 7 aliphatic carbocycles. The number of benzene rings is 15. The SMILES string of the molecule is CCCCCCCC1(CCCCCCC)c2ccccc2-c2ccc(-c3ccc4c(c3)C(C)(C)c3cc(-c5cc6c(c7c5oc5ccccc57)-c5ccc(N(c7ccc8c(c7)C(C)(C)c7c9c(c%10oc%11ccccc%11c%10c7-8)-c7ccccc7C9(C)C)c7ccc8c(c7)C7(c9ccccc9-c9ccccc97)c7ccccc7-8)cc5C6(C)C)ccc3-4)cc21. The molecule has 0 radical (unpaired) electrons. The fourth-order valence-corrected chi connectivity index (χ4v) is 25.2. The normalized spacial score (nSPS) is 16.0. The minimum absolute atomic E-state index is 0.0175. The molecule has 15 aromatic carbocycles. The van der Waals surface area contributed by atoms with Crippen LogP contribution >= 0.6 is 0 Å². The molecule has 0 atom stereocenters. The maximum absolute atomic E-state index is 7.36. The standard InChI is InChI=1S/C118H101NO2/c1-11-13-15-17-33-61-117(62-34-18-16-14-12-2)91-43-27-19-35-76(91)82-56-50-71(64-99(82)117)70-49-55-80-81-57-51-72(65-96(81)113(3,4)95(80)63-70)89-69-101-104(106-87-40-24-31-47-102(87)120-111(89)106)85-59-53-73(66-97(85)114(101,5)6)119(75-52-58-83-79-38-22-30-46-94(79)118(100(83)68-75)92-44-28-20-36-77(92)78-37-21-29-45-93(78)118)74-54-60-86-98(67-74)116(9,10)109-105(86)107-88-41-25-32-48-103(88)121-112(107)108-84-39-23-26-42-90(84)115(7,8)110(108)109/h19-32,35-60,63-69H,11-18,33-34,61-62H2,1-10H3. The fourth-order valence-electron chi connectivity index (χ4n) is 25.2. The van der Waals surface area contributed by atoms with E-state index in [0.717, 1.165) is 55.7 Å². The van der Waals surface area contributed by atoms with Crippen molar-refractivity contribution >= 4 is 60.9 Å². The number of rotatable bonds is 17. The molecule has 0 bridgehead atoms. The van der Waals surface area contributed by atoms with Gasteiger partial charge in [-0.2, -0.15) is 0 Å². The van der Waals surface area contributed by atoms with E-state index in [4.69, 9.17) is 8.83 Å². The number of fused-ring (bicyclic) bond motifs is 35. The van der Waals surface area contributed by atoms with Gasteiger partial charge < -0.3 is 13.7 Å². The summed E-state index contributed by atoms with van der Waals surface area (Å²) < 4.78 is 14.6. The van der Waals surface area contributed by atoms with Crippen molar-refractivity contribution in [1.29, 1.82) is 0 Å². The zero-order valence-corrected chi connectivity index (χ0v) is 71.4. The van der Waals surface area contributed by atoms with Gasteiger partial charge in [0.25, 0.3) is 0 Å². The van der Waals surface area contributed by atoms with Gasteiger partial charge in [-0.1, -0.05) is 346 Å². The van der Waals surface area contributed by atoms with Gasteiger partial charge in [0, 0.05) is 76.8 Å². The van der Waals surface area contributed by atoms with Gasteiger partial charge in [-0.3, -0.25) is 0 Å². The third kappa shape index (κ3) is 9.78. The van der Waals surface area contributed by atoms with E-state index in [0.29, 0.717) is 0 Å². The van der Waals surface area contributed by atoms with Crippen LogP contribution in [-0.2, 0) is 32.5 Å². The number of nitrogens with zero attached hydrogens (tertiary/aromatic N) is 1. The highest BCUT2D eigenvalue weighted by atomic mass is 16.3. The van der Waals surface area contributed by atoms with Crippen molar-refractivity contribution in [3.63, 3.8) is 0 Å². The van der Waals surface area contributed by atoms with Crippen LogP contribution in [0.3, 0.4) is 0 Å². The van der Waals surface area contributed by atoms with Gasteiger partial charge in [0.1, 0.15) is 22.3 Å². The zero-order chi connectivity index (χ0) is 81.5. The first kappa shape index (κ1) is 72.7. The minimum atomic E-state index is -0.544. The second-order valence-corrected chi connectivity index (χ2v) is 38.6. The van der Waals surface area contributed by atoms with Crippen LogP contribution in [0.2, 0.25) is 0 Å². The van der Waals surface area contributed by atoms with Gasteiger partial charge in [-0.05, 0) is 253 Å². The van der Waals surface area contributed by atoms with Gasteiger partial charge in [0.05, 0.1) is 5.41 Å². The number of hydrogen-bond donors (Lipinski definition) is 0. The van der Waals surface area contributed by atoms with Crippen LogP contribution < -0.4 is 4.90 Å². The largest absolute Gasteiger partial charge is 0.455 e. The minimum Gasteiger partial charge on any atom is -0.455 e. The summed E-state index contributed by atoms with van der Waals surface area (Å²) in [5, 5.41) is 4.69. The van der Waals surface area contributed by atoms with Crippen LogP contribution in [0, 0.1) is 0 Å². The molecule has 590 valence electrons. The molecule has 24 rings (SSSR count). The monoisotopic (exact) mass is 1560 g/mol. The smallest absolute Gasteiger partial charge is 0.144 e. The molecule has 0 aliphatic heterocycles. The lowest BCUT2D eigenvalue weighted by molar-refractivity contribution is 0.399. The summed E-state index contributed by atoms with van der Waals surface area (Å²) in [6.45, 7) is 24.4. The molecular formula is C118H101NO2. The highest BCUT2D eigenvalue weighted by molar-refractivity contribution is 6.22. The summed E-state index contributed by atoms with van der Waals surface area (Å²) in [6.07, 6.45) is 15.4. The van der Waals surface area contributed by atoms with Crippen molar-refractivity contribution in [1.82, 2.24) is 0 Å². The molecule has 121 heavy (non-hydrogen) atoms. The summed E-state index contributed by atoms with van der Waals surface area (Å²) in [5.74, 6) is 0. The Kier molecular flexibility index (Phi) is 15.7. The Morgan fingerprint density at radius 2 is 0.612 bits per heavy atom. The number of unbranched alkanes of at least 4 members (excludes halogenated alkanes) is 8. The summed E-state index contributed by atoms with van der Waals surface area (Å²) in [4.78, 5) is 2.61. The molecule has 1 spiro atoms. The average molecular weight is 1570 g/mol. The number of para-hydroxylation sites is 2. The van der Waals surface area contributed by atoms with Gasteiger partial charge in [-0.15, -0.1) is 0 Å². The van der Waals surface area contributed by atoms with E-state index in [1.165, 1.54) is 249 Å². The highest BCUT2D eigenvalue weighted by Gasteiger charge is 2.54. The zero-order valence-electron chi connectivity index (χ0n) is 71.4. The van der Waals surface area contributed by atoms with Crippen molar-refractivity contribution in [2.24, 2.45) is 0 Å². The number of anilines is 3. The van der Waals surface area contributed by atoms with E-state index in [1.54, 1.807) is 11.1 Å². The van der Waals surface area contributed by atoms with Crippen LogP contribution in [0.15, 0.2) is 294 Å². The quantitative estimate of drug-likeness (QED) is 0.0851. The van der Waals surface area contributed by atoms with E-state index in [2.05, 4.69) is 359 Å². The lowest BCUT2D eigenvalue weighted by Crippen LogP contribution is -2.26. The van der Waals surface area contributed by atoms with Crippen LogP contribution in [-0.4, -0.2) is 0 Å². The molecule has 0 saturated heterocycles. The molecule has 2 heterocycles. The van der Waals surface area contributed by atoms with Crippen molar-refractivity contribution < 1.29 is 8.83 Å². The summed E-state index contributed by atoms with van der Waals surface area (Å²) in [5.41, 5.74) is 47.6. The Bertz CT molecular complexity index is 7260. The van der Waals surface area contributed by atoms with Crippen molar-refractivity contribution in [3.05, 3.63) is 363 Å². The molecular weight excluding hydrogens is 1460 g/mol. The lowest BCUT2D eigenvalue weighted by Gasteiger charge is -2.33. The van der Waals surface area contributed by atoms with Gasteiger partial charge in [-0.25, -0.2) is 0 Å². The predicted octanol–water partition coefficient (Wildman–Crippen LogP) is 32.8. The third-order valence-corrected chi connectivity index (χ3v) is 30.9. The van der Waals surface area contributed by atoms with E-state index < -0.39 is 16.2 Å². The second-order valence-electron chi connectivity index (χ2n) is 38.6. The van der Waals surface area contributed by atoms with Crippen molar-refractivity contribution in [3.8, 4) is 100 Å². The van der Waals surface area contributed by atoms with Crippen LogP contribution in [0.5, 0.6) is 0 Å². The van der Waals surface area contributed by atoms with Crippen molar-refractivity contribution in [2.75, 3.05) is 4.90 Å². The first-order valence-electron chi connectivity index (χ1n) is 45.2. The summed E-state index contributed by atoms with van der Waals surface area (Å²) in [7, 11) is 0. The van der Waals surface area contributed by atoms with Gasteiger partial charge in [0.15, 0.2) is 0 Å². The first-order chi connectivity index (χ1) is 59.0. The topological polar surface area (TPSA) is 29.5 Å². The fraction of sp³-hybridized carbons (Fsp3) is 0.237. The van der Waals surface area contributed by atoms with E-state index >= 15 is 0 Å². The third-order valence-electron chi connectivity index (χ3n) is 30.9. The average Bonchev–Trinajstić information content (AvgIpc) is 1.51. The molecule has 3 heteroatoms. The molecule has 0 saturated carbocycles. The molecule has 17 aromatic rings. The van der Waals surface area contributed by atoms with E-state index in [9.17, 15) is 0 Å². The molecule has 0 fully saturated rings. The summed E-state index contributed by atoms with van der Waals surface area (Å²) >= 11 is 0. The molecule has 2 aromatic heterocycles. The molecule has 0 unspecified atom stereocenters. The van der Waals surface area contributed by atoms with E-state index in [1.807, 2.05) is 0 Å². The van der Waals surface area contributed by atoms with Crippen LogP contribution in [0.1, 0.15) is 224 Å². The number of furan rings is 2. The Labute approximate surface area is 711 Å². The summed E-state index contributed by atoms with van der Waals surface area (Å²) in [6, 6.07) is 111. The van der Waals surface area contributed by atoms with Gasteiger partial charge in [0.2, 0.25) is 0 Å². The van der Waals surface area contributed by atoms with Crippen LogP contribution in [0.4, 0.5) is 17.1 Å². The lowest BCUT2D eigenvalue weighted by atomic mass is 9.70. The Morgan fingerprint density at radius 1 is 0.248 bits per heavy atom. The Hall–Kier alpha value is -12.3. The highest BCUT2D eigenvalue weighted by Crippen LogP contribution is 2.68. The van der Waals surface area contributed by atoms with E-state index in [-0.39, 0.29) is 16.2 Å². The van der Waals surface area contributed by atoms with Crippen molar-refractivity contribution in [2.45, 2.75) is 179 Å². The second kappa shape index (κ2) is 26.1.